The minimum atomic E-state index is -0.396. The Labute approximate surface area is 215 Å². The molecule has 0 spiro atoms. The largest absolute Gasteiger partial charge is 0.379 e. The van der Waals surface area contributed by atoms with E-state index in [-0.39, 0.29) is 42.8 Å². The molecule has 3 rings (SSSR count). The maximum absolute atomic E-state index is 12.1. The zero-order valence-electron chi connectivity index (χ0n) is 20.5. The van der Waals surface area contributed by atoms with Crippen molar-refractivity contribution in [1.82, 2.24) is 20.9 Å². The van der Waals surface area contributed by atoms with Crippen molar-refractivity contribution in [3.8, 4) is 0 Å². The molecule has 3 aliphatic heterocycles. The van der Waals surface area contributed by atoms with Crippen LogP contribution in [0.3, 0.4) is 0 Å². The minimum Gasteiger partial charge on any atom is -0.379 e. The second-order valence-electron chi connectivity index (χ2n) is 9.00. The van der Waals surface area contributed by atoms with Crippen LogP contribution < -0.4 is 16.0 Å². The molecule has 12 heteroatoms. The number of thioether (sulfide) groups is 1. The van der Waals surface area contributed by atoms with E-state index in [1.807, 2.05) is 11.8 Å². The van der Waals surface area contributed by atoms with Gasteiger partial charge >= 0.3 is 6.03 Å². The fraction of sp³-hybridized carbons (Fsp3) is 0.708. The van der Waals surface area contributed by atoms with Gasteiger partial charge in [0, 0.05) is 62.1 Å². The SMILES string of the molecule is O=C(CCCCC1SCC2NC(=O)NC21)CCCOCCOCCNC(=O)CCN1C(=O)C=CC1=O. The van der Waals surface area contributed by atoms with Gasteiger partial charge in [0.1, 0.15) is 5.78 Å². The van der Waals surface area contributed by atoms with Gasteiger partial charge in [-0.1, -0.05) is 6.42 Å². The predicted octanol–water partition coefficient (Wildman–Crippen LogP) is 0.526. The molecule has 0 aromatic rings. The quantitative estimate of drug-likeness (QED) is 0.134. The van der Waals surface area contributed by atoms with E-state index < -0.39 is 11.8 Å². The number of urea groups is 1. The number of carbonyl (C=O) groups is 5. The topological polar surface area (TPSA) is 143 Å². The van der Waals surface area contributed by atoms with Crippen LogP contribution in [-0.4, -0.2) is 97.0 Å². The highest BCUT2D eigenvalue weighted by molar-refractivity contribution is 8.00. The molecule has 0 saturated carbocycles. The van der Waals surface area contributed by atoms with Gasteiger partial charge in [0.05, 0.1) is 31.9 Å². The first-order chi connectivity index (χ1) is 17.4. The number of hydrogen-bond acceptors (Lipinski definition) is 8. The standard InChI is InChI=1S/C24H36N4O7S/c29-17(4-1-2-6-19-23-18(16-36-19)26-24(33)27-23)5-3-12-34-14-15-35-13-10-25-20(30)9-11-28-21(31)7-8-22(28)32/h7-8,18-19,23H,1-6,9-16H2,(H,25,30)(H2,26,27,33). The molecular weight excluding hydrogens is 488 g/mol. The maximum atomic E-state index is 12.1. The van der Waals surface area contributed by atoms with Gasteiger partial charge in [-0.05, 0) is 19.3 Å². The lowest BCUT2D eigenvalue weighted by molar-refractivity contribution is -0.137. The van der Waals surface area contributed by atoms with Crippen LogP contribution in [0.4, 0.5) is 4.79 Å². The number of fused-ring (bicyclic) bond motifs is 1. The summed E-state index contributed by atoms with van der Waals surface area (Å²) < 4.78 is 10.9. The van der Waals surface area contributed by atoms with Crippen LogP contribution >= 0.6 is 11.8 Å². The van der Waals surface area contributed by atoms with Crippen LogP contribution in [0.2, 0.25) is 0 Å². The smallest absolute Gasteiger partial charge is 0.315 e. The summed E-state index contributed by atoms with van der Waals surface area (Å²) in [6.07, 6.45) is 7.12. The minimum absolute atomic E-state index is 0.0544. The van der Waals surface area contributed by atoms with Crippen LogP contribution in [0.1, 0.15) is 44.9 Å². The number of nitrogens with zero attached hydrogens (tertiary/aromatic N) is 1. The molecule has 2 fully saturated rings. The van der Waals surface area contributed by atoms with Crippen molar-refractivity contribution in [1.29, 1.82) is 0 Å². The van der Waals surface area contributed by atoms with E-state index >= 15 is 0 Å². The van der Waals surface area contributed by atoms with Crippen molar-refractivity contribution in [2.45, 2.75) is 62.3 Å². The molecule has 200 valence electrons. The molecule has 3 N–H and O–H groups in total. The highest BCUT2D eigenvalue weighted by Gasteiger charge is 2.42. The average molecular weight is 525 g/mol. The number of amides is 5. The van der Waals surface area contributed by atoms with Crippen molar-refractivity contribution in [3.63, 3.8) is 0 Å². The van der Waals surface area contributed by atoms with E-state index in [9.17, 15) is 24.0 Å². The van der Waals surface area contributed by atoms with E-state index in [0.29, 0.717) is 57.5 Å². The summed E-state index contributed by atoms with van der Waals surface area (Å²) in [4.78, 5) is 59.1. The van der Waals surface area contributed by atoms with E-state index in [1.54, 1.807) is 0 Å². The number of Topliss-reactive ketones (excluding diaryl/α,β-unsaturated/α-hetero) is 1. The Morgan fingerprint density at radius 3 is 2.44 bits per heavy atom. The van der Waals surface area contributed by atoms with Crippen molar-refractivity contribution in [2.75, 3.05) is 45.3 Å². The molecule has 11 nitrogen and oxygen atoms in total. The Morgan fingerprint density at radius 2 is 1.67 bits per heavy atom. The second-order valence-corrected chi connectivity index (χ2v) is 10.3. The van der Waals surface area contributed by atoms with Crippen LogP contribution in [0.15, 0.2) is 12.2 Å². The zero-order chi connectivity index (χ0) is 25.8. The maximum Gasteiger partial charge on any atom is 0.315 e. The number of carbonyl (C=O) groups excluding carboxylic acids is 5. The van der Waals surface area contributed by atoms with Gasteiger partial charge in [0.2, 0.25) is 5.91 Å². The molecule has 5 amide bonds. The summed E-state index contributed by atoms with van der Waals surface area (Å²) in [5.41, 5.74) is 0. The Hall–Kier alpha value is -2.44. The molecule has 0 aliphatic carbocycles. The monoisotopic (exact) mass is 524 g/mol. The van der Waals surface area contributed by atoms with Crippen LogP contribution in [0.5, 0.6) is 0 Å². The fourth-order valence-corrected chi connectivity index (χ4v) is 5.89. The summed E-state index contributed by atoms with van der Waals surface area (Å²) >= 11 is 1.90. The Bertz CT molecular complexity index is 819. The number of nitrogens with one attached hydrogen (secondary N) is 3. The third-order valence-corrected chi connectivity index (χ3v) is 7.79. The summed E-state index contributed by atoms with van der Waals surface area (Å²) in [5, 5.41) is 9.05. The first-order valence-electron chi connectivity index (χ1n) is 12.6. The van der Waals surface area contributed by atoms with Crippen molar-refractivity contribution >= 4 is 41.3 Å². The van der Waals surface area contributed by atoms with E-state index in [0.717, 1.165) is 29.9 Å². The molecule has 3 atom stereocenters. The van der Waals surface area contributed by atoms with Gasteiger partial charge in [0.15, 0.2) is 0 Å². The van der Waals surface area contributed by atoms with Crippen LogP contribution in [0, 0.1) is 0 Å². The lowest BCUT2D eigenvalue weighted by Crippen LogP contribution is -2.36. The van der Waals surface area contributed by atoms with E-state index in [2.05, 4.69) is 16.0 Å². The second kappa shape index (κ2) is 15.0. The van der Waals surface area contributed by atoms with Gasteiger partial charge in [-0.25, -0.2) is 4.79 Å². The first kappa shape index (κ1) is 28.1. The third-order valence-electron chi connectivity index (χ3n) is 6.28. The number of unbranched alkanes of at least 4 members (excludes halogenated alkanes) is 1. The molecule has 0 radical (unpaired) electrons. The summed E-state index contributed by atoms with van der Waals surface area (Å²) in [6, 6.07) is 0.406. The lowest BCUT2D eigenvalue weighted by Gasteiger charge is -2.16. The van der Waals surface area contributed by atoms with Crippen molar-refractivity contribution < 1.29 is 33.4 Å². The number of ketones is 1. The van der Waals surface area contributed by atoms with Gasteiger partial charge in [-0.3, -0.25) is 24.1 Å². The molecule has 0 aromatic carbocycles. The van der Waals surface area contributed by atoms with Gasteiger partial charge < -0.3 is 25.4 Å². The predicted molar refractivity (Wildman–Crippen MR) is 133 cm³/mol. The van der Waals surface area contributed by atoms with Crippen molar-refractivity contribution in [2.24, 2.45) is 0 Å². The Morgan fingerprint density at radius 1 is 0.944 bits per heavy atom. The molecule has 0 aromatic heterocycles. The summed E-state index contributed by atoms with van der Waals surface area (Å²) in [7, 11) is 0. The number of ether oxygens (including phenoxy) is 2. The molecular formula is C24H36N4O7S. The third kappa shape index (κ3) is 9.21. The average Bonchev–Trinajstić information content (AvgIpc) is 3.50. The first-order valence-corrected chi connectivity index (χ1v) is 13.6. The number of hydrogen-bond donors (Lipinski definition) is 3. The van der Waals surface area contributed by atoms with Gasteiger partial charge in [-0.2, -0.15) is 11.8 Å². The normalized spacial score (nSPS) is 22.6. The molecule has 3 unspecified atom stereocenters. The summed E-state index contributed by atoms with van der Waals surface area (Å²) in [6.45, 7) is 2.04. The highest BCUT2D eigenvalue weighted by atomic mass is 32.2. The van der Waals surface area contributed by atoms with Gasteiger partial charge in [0.25, 0.3) is 11.8 Å². The van der Waals surface area contributed by atoms with Crippen molar-refractivity contribution in [3.05, 3.63) is 12.2 Å². The lowest BCUT2D eigenvalue weighted by atomic mass is 10.0. The van der Waals surface area contributed by atoms with Crippen LogP contribution in [-0.2, 0) is 28.7 Å². The summed E-state index contributed by atoms with van der Waals surface area (Å²) in [5.74, 6) is 0.172. The van der Waals surface area contributed by atoms with Crippen LogP contribution in [0.25, 0.3) is 0 Å². The highest BCUT2D eigenvalue weighted by Crippen LogP contribution is 2.33. The fourth-order valence-electron chi connectivity index (χ4n) is 4.34. The molecule has 3 aliphatic rings. The zero-order valence-corrected chi connectivity index (χ0v) is 21.3. The van der Waals surface area contributed by atoms with E-state index in [4.69, 9.17) is 9.47 Å². The number of rotatable bonds is 18. The molecule has 3 heterocycles. The van der Waals surface area contributed by atoms with Gasteiger partial charge in [-0.15, -0.1) is 0 Å². The molecule has 2 saturated heterocycles. The molecule has 36 heavy (non-hydrogen) atoms. The Kier molecular flexibility index (Phi) is 11.7. The molecule has 0 bridgehead atoms. The Balaban J connectivity index is 1.06. The number of imide groups is 1. The van der Waals surface area contributed by atoms with E-state index in [1.165, 1.54) is 12.2 Å².